The third-order valence-electron chi connectivity index (χ3n) is 4.14. The molecule has 1 aliphatic heterocycles. The van der Waals surface area contributed by atoms with Crippen LogP contribution < -0.4 is 10.9 Å². The van der Waals surface area contributed by atoms with Crippen molar-refractivity contribution in [3.8, 4) is 0 Å². The maximum atomic E-state index is 14.2. The highest BCUT2D eigenvalue weighted by Crippen LogP contribution is 2.28. The van der Waals surface area contributed by atoms with Gasteiger partial charge in [0, 0.05) is 21.9 Å². The van der Waals surface area contributed by atoms with Gasteiger partial charge in [0.15, 0.2) is 0 Å². The van der Waals surface area contributed by atoms with Gasteiger partial charge in [0.1, 0.15) is 11.4 Å². The predicted molar refractivity (Wildman–Crippen MR) is 102 cm³/mol. The number of benzene rings is 1. The molecule has 1 N–H and O–H groups in total. The van der Waals surface area contributed by atoms with Crippen LogP contribution in [0.4, 0.5) is 15.8 Å². The van der Waals surface area contributed by atoms with Crippen molar-refractivity contribution < 1.29 is 13.9 Å². The molecule has 0 saturated heterocycles. The summed E-state index contributed by atoms with van der Waals surface area (Å²) < 4.78 is 21.7. The molecule has 0 bridgehead atoms. The van der Waals surface area contributed by atoms with Gasteiger partial charge in [-0.2, -0.15) is 0 Å². The third kappa shape index (κ3) is 3.70. The summed E-state index contributed by atoms with van der Waals surface area (Å²) in [4.78, 5) is 24.9. The smallest absolute Gasteiger partial charge is 0.342 e. The zero-order valence-electron chi connectivity index (χ0n) is 13.8. The van der Waals surface area contributed by atoms with Crippen LogP contribution in [0, 0.1) is 9.39 Å². The fourth-order valence-electron chi connectivity index (χ4n) is 3.03. The lowest BCUT2D eigenvalue weighted by atomic mass is 10.0. The molecule has 1 aliphatic rings. The van der Waals surface area contributed by atoms with Crippen LogP contribution in [0.2, 0.25) is 0 Å². The van der Waals surface area contributed by atoms with Crippen LogP contribution in [0.5, 0.6) is 0 Å². The van der Waals surface area contributed by atoms with E-state index in [4.69, 9.17) is 4.74 Å². The number of anilines is 2. The Morgan fingerprint density at radius 3 is 2.84 bits per heavy atom. The SMILES string of the molecule is CCOC(=O)c1c(Nc2ccc(I)cc2F)cc(=O)n2c1CCCC2. The van der Waals surface area contributed by atoms with Gasteiger partial charge in [0.25, 0.3) is 5.56 Å². The van der Waals surface area contributed by atoms with Gasteiger partial charge in [0.05, 0.1) is 18.0 Å². The number of nitrogens with zero attached hydrogens (tertiary/aromatic N) is 1. The number of hydrogen-bond donors (Lipinski definition) is 1. The van der Waals surface area contributed by atoms with Gasteiger partial charge in [-0.15, -0.1) is 0 Å². The molecule has 25 heavy (non-hydrogen) atoms. The maximum Gasteiger partial charge on any atom is 0.342 e. The van der Waals surface area contributed by atoms with Gasteiger partial charge >= 0.3 is 5.97 Å². The first-order valence-corrected chi connectivity index (χ1v) is 9.25. The normalized spacial score (nSPS) is 13.2. The molecule has 3 rings (SSSR count). The van der Waals surface area contributed by atoms with E-state index in [1.165, 1.54) is 12.1 Å². The fourth-order valence-corrected chi connectivity index (χ4v) is 3.48. The summed E-state index contributed by atoms with van der Waals surface area (Å²) in [7, 11) is 0. The molecule has 0 saturated carbocycles. The Morgan fingerprint density at radius 1 is 1.32 bits per heavy atom. The summed E-state index contributed by atoms with van der Waals surface area (Å²) in [6.07, 6.45) is 2.41. The Hall–Kier alpha value is -1.90. The Bertz CT molecular complexity index is 879. The molecule has 0 amide bonds. The number of ether oxygens (including phenoxy) is 1. The molecule has 5 nitrogen and oxygen atoms in total. The third-order valence-corrected chi connectivity index (χ3v) is 4.81. The molecule has 2 aromatic rings. The Morgan fingerprint density at radius 2 is 2.12 bits per heavy atom. The molecular formula is C18H18FIN2O3. The predicted octanol–water partition coefficient (Wildman–Crippen LogP) is 3.85. The minimum atomic E-state index is -0.499. The highest BCUT2D eigenvalue weighted by atomic mass is 127. The van der Waals surface area contributed by atoms with Gasteiger partial charge in [-0.1, -0.05) is 0 Å². The van der Waals surface area contributed by atoms with Crippen molar-refractivity contribution in [2.45, 2.75) is 32.7 Å². The first-order chi connectivity index (χ1) is 12.0. The molecular weight excluding hydrogens is 438 g/mol. The number of carbonyl (C=O) groups is 1. The van der Waals surface area contributed by atoms with E-state index in [0.29, 0.717) is 24.2 Å². The standard InChI is InChI=1S/C18H18FIN2O3/c1-2-25-18(24)17-14(21-13-7-6-11(20)9-12(13)19)10-16(23)22-8-4-3-5-15(17)22/h6-7,9-10,21H,2-5,8H2,1H3. The van der Waals surface area contributed by atoms with Gasteiger partial charge in [-0.25, -0.2) is 9.18 Å². The van der Waals surface area contributed by atoms with E-state index in [2.05, 4.69) is 5.32 Å². The molecule has 2 heterocycles. The second-order valence-electron chi connectivity index (χ2n) is 5.80. The van der Waals surface area contributed by atoms with Crippen molar-refractivity contribution in [1.29, 1.82) is 0 Å². The zero-order valence-corrected chi connectivity index (χ0v) is 15.9. The van der Waals surface area contributed by atoms with Crippen molar-refractivity contribution in [3.63, 3.8) is 0 Å². The van der Waals surface area contributed by atoms with E-state index < -0.39 is 11.8 Å². The summed E-state index contributed by atoms with van der Waals surface area (Å²) in [6.45, 7) is 2.54. The second-order valence-corrected chi connectivity index (χ2v) is 7.04. The number of esters is 1. The molecule has 132 valence electrons. The minimum Gasteiger partial charge on any atom is -0.462 e. The lowest BCUT2D eigenvalue weighted by Gasteiger charge is -2.23. The Labute approximate surface area is 158 Å². The Balaban J connectivity index is 2.12. The molecule has 1 aromatic heterocycles. The summed E-state index contributed by atoms with van der Waals surface area (Å²) in [6, 6.07) is 6.07. The lowest BCUT2D eigenvalue weighted by molar-refractivity contribution is 0.0524. The Kier molecular flexibility index (Phi) is 5.41. The summed E-state index contributed by atoms with van der Waals surface area (Å²) in [5.41, 5.74) is 1.28. The minimum absolute atomic E-state index is 0.198. The van der Waals surface area contributed by atoms with Crippen LogP contribution >= 0.6 is 22.6 Å². The first-order valence-electron chi connectivity index (χ1n) is 8.17. The first kappa shape index (κ1) is 17.9. The van der Waals surface area contributed by atoms with E-state index in [-0.39, 0.29) is 23.5 Å². The maximum absolute atomic E-state index is 14.2. The van der Waals surface area contributed by atoms with Crippen LogP contribution in [-0.4, -0.2) is 17.1 Å². The topological polar surface area (TPSA) is 60.3 Å². The zero-order chi connectivity index (χ0) is 18.0. The van der Waals surface area contributed by atoms with Crippen molar-refractivity contribution >= 4 is 39.9 Å². The van der Waals surface area contributed by atoms with Crippen molar-refractivity contribution in [2.75, 3.05) is 11.9 Å². The number of halogens is 2. The second kappa shape index (κ2) is 7.55. The van der Waals surface area contributed by atoms with Gasteiger partial charge in [-0.05, 0) is 67.0 Å². The quantitative estimate of drug-likeness (QED) is 0.561. The summed E-state index contributed by atoms with van der Waals surface area (Å²) in [5.74, 6) is -0.943. The van der Waals surface area contributed by atoms with E-state index >= 15 is 0 Å². The molecule has 0 aliphatic carbocycles. The van der Waals surface area contributed by atoms with Gasteiger partial charge in [0.2, 0.25) is 0 Å². The average Bonchev–Trinajstić information content (AvgIpc) is 2.58. The largest absolute Gasteiger partial charge is 0.462 e. The lowest BCUT2D eigenvalue weighted by Crippen LogP contribution is -2.30. The van der Waals surface area contributed by atoms with Crippen LogP contribution in [-0.2, 0) is 17.7 Å². The van der Waals surface area contributed by atoms with Crippen LogP contribution in [0.1, 0.15) is 35.8 Å². The van der Waals surface area contributed by atoms with Crippen LogP contribution in [0.3, 0.4) is 0 Å². The number of rotatable bonds is 4. The summed E-state index contributed by atoms with van der Waals surface area (Å²) >= 11 is 2.02. The number of carbonyl (C=O) groups excluding carboxylic acids is 1. The molecule has 0 radical (unpaired) electrons. The van der Waals surface area contributed by atoms with Crippen LogP contribution in [0.25, 0.3) is 0 Å². The van der Waals surface area contributed by atoms with Gasteiger partial charge in [-0.3, -0.25) is 4.79 Å². The number of aromatic nitrogens is 1. The molecule has 0 atom stereocenters. The molecule has 0 unspecified atom stereocenters. The summed E-state index contributed by atoms with van der Waals surface area (Å²) in [5, 5.41) is 2.91. The fraction of sp³-hybridized carbons (Fsp3) is 0.333. The molecule has 1 aromatic carbocycles. The molecule has 7 heteroatoms. The highest BCUT2D eigenvalue weighted by molar-refractivity contribution is 14.1. The van der Waals surface area contributed by atoms with Crippen LogP contribution in [0.15, 0.2) is 29.1 Å². The van der Waals surface area contributed by atoms with Gasteiger partial charge < -0.3 is 14.6 Å². The van der Waals surface area contributed by atoms with E-state index in [0.717, 1.165) is 16.4 Å². The monoisotopic (exact) mass is 456 g/mol. The van der Waals surface area contributed by atoms with E-state index in [9.17, 15) is 14.0 Å². The van der Waals surface area contributed by atoms with Crippen molar-refractivity contribution in [2.24, 2.45) is 0 Å². The van der Waals surface area contributed by atoms with Crippen molar-refractivity contribution in [1.82, 2.24) is 4.57 Å². The highest BCUT2D eigenvalue weighted by Gasteiger charge is 2.24. The van der Waals surface area contributed by atoms with E-state index in [1.807, 2.05) is 22.6 Å². The molecule has 0 spiro atoms. The van der Waals surface area contributed by atoms with Crippen molar-refractivity contribution in [3.05, 3.63) is 55.3 Å². The van der Waals surface area contributed by atoms with E-state index in [1.54, 1.807) is 23.6 Å². The number of nitrogens with one attached hydrogen (secondary N) is 1. The number of fused-ring (bicyclic) bond motifs is 1. The average molecular weight is 456 g/mol. The number of pyridine rings is 1. The number of hydrogen-bond acceptors (Lipinski definition) is 4. The molecule has 0 fully saturated rings.